The van der Waals surface area contributed by atoms with Crippen LogP contribution in [0, 0.1) is 23.2 Å². The number of nitriles is 1. The molecule has 5 heteroatoms. The maximum absolute atomic E-state index is 13.2. The topological polar surface area (TPSA) is 73.2 Å². The van der Waals surface area contributed by atoms with Gasteiger partial charge in [0.25, 0.3) is 0 Å². The second kappa shape index (κ2) is 7.20. The van der Waals surface area contributed by atoms with Crippen molar-refractivity contribution in [1.82, 2.24) is 10.2 Å². The number of amides is 1. The second-order valence-electron chi connectivity index (χ2n) is 7.76. The lowest BCUT2D eigenvalue weighted by atomic mass is 9.77. The number of likely N-dealkylation sites (tertiary alicyclic amines) is 1. The molecule has 1 aromatic carbocycles. The number of benzene rings is 1. The number of carbonyl (C=O) groups is 2. The lowest BCUT2D eigenvalue weighted by molar-refractivity contribution is -0.138. The zero-order valence-electron chi connectivity index (χ0n) is 15.0. The van der Waals surface area contributed by atoms with Gasteiger partial charge < -0.3 is 10.2 Å². The highest BCUT2D eigenvalue weighted by Crippen LogP contribution is 2.32. The van der Waals surface area contributed by atoms with Gasteiger partial charge in [0.15, 0.2) is 0 Å². The Balaban J connectivity index is 1.47. The Morgan fingerprint density at radius 1 is 1.15 bits per heavy atom. The summed E-state index contributed by atoms with van der Waals surface area (Å²) in [6.45, 7) is 1.33. The minimum absolute atomic E-state index is 0.00967. The fourth-order valence-electron chi connectivity index (χ4n) is 4.86. The molecule has 2 saturated heterocycles. The van der Waals surface area contributed by atoms with Crippen molar-refractivity contribution in [2.24, 2.45) is 11.8 Å². The van der Waals surface area contributed by atoms with Crippen LogP contribution in [0.25, 0.3) is 0 Å². The largest absolute Gasteiger partial charge is 0.325 e. The third kappa shape index (κ3) is 3.03. The molecule has 5 nitrogen and oxygen atoms in total. The first-order valence-electron chi connectivity index (χ1n) is 9.73. The summed E-state index contributed by atoms with van der Waals surface area (Å²) in [6, 6.07) is 9.80. The van der Waals surface area contributed by atoms with Crippen molar-refractivity contribution in [2.45, 2.75) is 50.6 Å². The number of aryl methyl sites for hydroxylation is 1. The summed E-state index contributed by atoms with van der Waals surface area (Å²) in [7, 11) is 0. The molecule has 1 N–H and O–H groups in total. The van der Waals surface area contributed by atoms with E-state index >= 15 is 0 Å². The standard InChI is InChI=1S/C21H25N3O2/c22-13-17-6-3-11-24(17)21(26)19-18(9-10-23-19)20(25)16-8-7-14-4-1-2-5-15(14)12-16/h1-2,4-5,16-19,23H,3,6-12H2/t16-,17-,18?,19+/m0/s1. The van der Waals surface area contributed by atoms with Crippen LogP contribution in [0.4, 0.5) is 0 Å². The second-order valence-corrected chi connectivity index (χ2v) is 7.76. The molecule has 0 saturated carbocycles. The summed E-state index contributed by atoms with van der Waals surface area (Å²) < 4.78 is 0. The molecule has 2 heterocycles. The van der Waals surface area contributed by atoms with Crippen LogP contribution >= 0.6 is 0 Å². The molecule has 1 aliphatic carbocycles. The molecule has 4 rings (SSSR count). The zero-order chi connectivity index (χ0) is 18.1. The normalized spacial score (nSPS) is 30.7. The van der Waals surface area contributed by atoms with Gasteiger partial charge in [-0.1, -0.05) is 24.3 Å². The summed E-state index contributed by atoms with van der Waals surface area (Å²) >= 11 is 0. The average Bonchev–Trinajstić information content (AvgIpc) is 3.35. The molecule has 2 aliphatic heterocycles. The molecule has 2 fully saturated rings. The van der Waals surface area contributed by atoms with Crippen LogP contribution in [0.15, 0.2) is 24.3 Å². The van der Waals surface area contributed by atoms with E-state index in [0.29, 0.717) is 13.1 Å². The molecule has 4 atom stereocenters. The van der Waals surface area contributed by atoms with Crippen LogP contribution in [0.1, 0.15) is 36.8 Å². The molecule has 136 valence electrons. The molecule has 1 amide bonds. The van der Waals surface area contributed by atoms with Crippen LogP contribution in [0.2, 0.25) is 0 Å². The molecule has 3 aliphatic rings. The smallest absolute Gasteiger partial charge is 0.241 e. The van der Waals surface area contributed by atoms with Crippen molar-refractivity contribution < 1.29 is 9.59 Å². The van der Waals surface area contributed by atoms with E-state index in [1.807, 2.05) is 6.07 Å². The Hall–Kier alpha value is -2.19. The molecule has 26 heavy (non-hydrogen) atoms. The van der Waals surface area contributed by atoms with E-state index in [9.17, 15) is 14.9 Å². The summed E-state index contributed by atoms with van der Waals surface area (Å²) in [5, 5.41) is 12.5. The zero-order valence-corrected chi connectivity index (χ0v) is 15.0. The first-order valence-corrected chi connectivity index (χ1v) is 9.73. The quantitative estimate of drug-likeness (QED) is 0.902. The monoisotopic (exact) mass is 351 g/mol. The van der Waals surface area contributed by atoms with Crippen molar-refractivity contribution >= 4 is 11.7 Å². The van der Waals surface area contributed by atoms with Gasteiger partial charge in [0, 0.05) is 18.4 Å². The van der Waals surface area contributed by atoms with E-state index in [0.717, 1.165) is 38.5 Å². The van der Waals surface area contributed by atoms with Gasteiger partial charge in [-0.05, 0) is 56.2 Å². The van der Waals surface area contributed by atoms with E-state index in [-0.39, 0.29) is 29.6 Å². The summed E-state index contributed by atoms with van der Waals surface area (Å²) in [5.41, 5.74) is 2.62. The minimum Gasteiger partial charge on any atom is -0.325 e. The fraction of sp³-hybridized carbons (Fsp3) is 0.571. The van der Waals surface area contributed by atoms with E-state index < -0.39 is 6.04 Å². The third-order valence-electron chi connectivity index (χ3n) is 6.29. The Bertz CT molecular complexity index is 754. The number of Topliss-reactive ketones (excluding diaryl/α,β-unsaturated/α-hetero) is 1. The summed E-state index contributed by atoms with van der Waals surface area (Å²) in [4.78, 5) is 27.9. The van der Waals surface area contributed by atoms with Gasteiger partial charge in [0.05, 0.1) is 12.1 Å². The predicted octanol–water partition coefficient (Wildman–Crippen LogP) is 1.85. The average molecular weight is 351 g/mol. The molecule has 1 aromatic rings. The highest BCUT2D eigenvalue weighted by molar-refractivity contribution is 5.93. The molecular formula is C21H25N3O2. The number of rotatable bonds is 3. The number of nitrogens with zero attached hydrogens (tertiary/aromatic N) is 2. The van der Waals surface area contributed by atoms with Gasteiger partial charge in [-0.3, -0.25) is 9.59 Å². The first-order chi connectivity index (χ1) is 12.7. The van der Waals surface area contributed by atoms with Crippen molar-refractivity contribution in [2.75, 3.05) is 13.1 Å². The number of carbonyl (C=O) groups excluding carboxylic acids is 2. The van der Waals surface area contributed by atoms with Gasteiger partial charge in [-0.15, -0.1) is 0 Å². The predicted molar refractivity (Wildman–Crippen MR) is 97.2 cm³/mol. The molecule has 0 aromatic heterocycles. The maximum atomic E-state index is 13.2. The van der Waals surface area contributed by atoms with Crippen LogP contribution in [-0.4, -0.2) is 41.8 Å². The molecule has 0 bridgehead atoms. The van der Waals surface area contributed by atoms with E-state index in [1.165, 1.54) is 11.1 Å². The molecular weight excluding hydrogens is 326 g/mol. The van der Waals surface area contributed by atoms with Gasteiger partial charge >= 0.3 is 0 Å². The lowest BCUT2D eigenvalue weighted by Gasteiger charge is -2.30. The Labute approximate surface area is 154 Å². The fourth-order valence-corrected chi connectivity index (χ4v) is 4.86. The molecule has 0 spiro atoms. The number of nitrogens with one attached hydrogen (secondary N) is 1. The van der Waals surface area contributed by atoms with Gasteiger partial charge in [-0.2, -0.15) is 5.26 Å². The summed E-state index contributed by atoms with van der Waals surface area (Å²) in [5.74, 6) is -0.0650. The molecule has 1 unspecified atom stereocenters. The molecule has 0 radical (unpaired) electrons. The van der Waals surface area contributed by atoms with Crippen molar-refractivity contribution in [3.63, 3.8) is 0 Å². The van der Waals surface area contributed by atoms with E-state index in [4.69, 9.17) is 0 Å². The SMILES string of the molecule is N#C[C@@H]1CCCN1C(=O)[C@@H]1NCCC1C(=O)[C@H]1CCc2ccccc2C1. The maximum Gasteiger partial charge on any atom is 0.241 e. The first kappa shape index (κ1) is 17.2. The Kier molecular flexibility index (Phi) is 4.78. The third-order valence-corrected chi connectivity index (χ3v) is 6.29. The highest BCUT2D eigenvalue weighted by atomic mass is 16.2. The Morgan fingerprint density at radius 2 is 1.96 bits per heavy atom. The van der Waals surface area contributed by atoms with Gasteiger partial charge in [-0.25, -0.2) is 0 Å². The van der Waals surface area contributed by atoms with Crippen molar-refractivity contribution in [3.8, 4) is 6.07 Å². The van der Waals surface area contributed by atoms with Crippen LogP contribution < -0.4 is 5.32 Å². The van der Waals surface area contributed by atoms with Crippen LogP contribution in [-0.2, 0) is 22.4 Å². The highest BCUT2D eigenvalue weighted by Gasteiger charge is 2.44. The van der Waals surface area contributed by atoms with Crippen molar-refractivity contribution in [3.05, 3.63) is 35.4 Å². The van der Waals surface area contributed by atoms with Gasteiger partial charge in [0.1, 0.15) is 11.8 Å². The van der Waals surface area contributed by atoms with Gasteiger partial charge in [0.2, 0.25) is 5.91 Å². The number of hydrogen-bond donors (Lipinski definition) is 1. The summed E-state index contributed by atoms with van der Waals surface area (Å²) in [6.07, 6.45) is 4.93. The van der Waals surface area contributed by atoms with E-state index in [2.05, 4.69) is 29.6 Å². The minimum atomic E-state index is -0.450. The lowest BCUT2D eigenvalue weighted by Crippen LogP contribution is -2.50. The van der Waals surface area contributed by atoms with E-state index in [1.54, 1.807) is 4.90 Å². The number of hydrogen-bond acceptors (Lipinski definition) is 4. The van der Waals surface area contributed by atoms with Crippen LogP contribution in [0.5, 0.6) is 0 Å². The Morgan fingerprint density at radius 3 is 2.77 bits per heavy atom. The number of ketones is 1. The van der Waals surface area contributed by atoms with Crippen LogP contribution in [0.3, 0.4) is 0 Å². The van der Waals surface area contributed by atoms with Crippen molar-refractivity contribution in [1.29, 1.82) is 5.26 Å². The number of fused-ring (bicyclic) bond motifs is 1.